The van der Waals surface area contributed by atoms with Crippen LogP contribution in [0, 0.1) is 6.92 Å². The second-order valence-electron chi connectivity index (χ2n) is 7.36. The first-order valence-corrected chi connectivity index (χ1v) is 11.6. The predicted molar refractivity (Wildman–Crippen MR) is 126 cm³/mol. The van der Waals surface area contributed by atoms with E-state index < -0.39 is 22.9 Å². The van der Waals surface area contributed by atoms with Gasteiger partial charge in [0.25, 0.3) is 5.56 Å². The lowest BCUT2D eigenvalue weighted by molar-refractivity contribution is -0.137. The van der Waals surface area contributed by atoms with Gasteiger partial charge in [0.1, 0.15) is 4.83 Å². The highest BCUT2D eigenvalue weighted by Gasteiger charge is 2.34. The zero-order valence-electron chi connectivity index (χ0n) is 17.5. The number of aryl methyl sites for hydroxylation is 1. The fourth-order valence-electron chi connectivity index (χ4n) is 3.23. The molecule has 2 aromatic heterocycles. The van der Waals surface area contributed by atoms with Crippen molar-refractivity contribution in [2.45, 2.75) is 30.4 Å². The van der Waals surface area contributed by atoms with Crippen LogP contribution in [0.4, 0.5) is 18.9 Å². The third-order valence-electron chi connectivity index (χ3n) is 4.93. The second kappa shape index (κ2) is 9.03. The molecule has 10 heteroatoms. The summed E-state index contributed by atoms with van der Waals surface area (Å²) in [6, 6.07) is 12.6. The maximum Gasteiger partial charge on any atom is 0.418 e. The molecule has 2 aromatic carbocycles. The molecule has 4 rings (SSSR count). The predicted octanol–water partition coefficient (Wildman–Crippen LogP) is 6.10. The molecule has 2 N–H and O–H groups in total. The van der Waals surface area contributed by atoms with Gasteiger partial charge >= 0.3 is 6.18 Å². The summed E-state index contributed by atoms with van der Waals surface area (Å²) in [6.45, 7) is 3.51. The Morgan fingerprint density at radius 3 is 2.55 bits per heavy atom. The number of carbonyl (C=O) groups is 1. The average molecular weight is 490 g/mol. The maximum absolute atomic E-state index is 13.2. The lowest BCUT2D eigenvalue weighted by Gasteiger charge is -2.16. The van der Waals surface area contributed by atoms with E-state index in [1.165, 1.54) is 36.5 Å². The van der Waals surface area contributed by atoms with E-state index >= 15 is 0 Å². The Morgan fingerprint density at radius 1 is 1.15 bits per heavy atom. The number of hydrogen-bond donors (Lipinski definition) is 2. The van der Waals surface area contributed by atoms with E-state index in [0.717, 1.165) is 34.5 Å². The molecule has 0 saturated heterocycles. The lowest BCUT2D eigenvalue weighted by atomic mass is 10.1. The molecule has 0 radical (unpaired) electrons. The molecule has 33 heavy (non-hydrogen) atoms. The first-order chi connectivity index (χ1) is 15.6. The molecule has 4 aromatic rings. The fraction of sp³-hybridized carbons (Fsp3) is 0.174. The van der Waals surface area contributed by atoms with Crippen LogP contribution >= 0.6 is 23.1 Å². The van der Waals surface area contributed by atoms with Gasteiger partial charge in [0.2, 0.25) is 5.91 Å². The van der Waals surface area contributed by atoms with Gasteiger partial charge in [0, 0.05) is 10.9 Å². The topological polar surface area (TPSA) is 74.8 Å². The van der Waals surface area contributed by atoms with Gasteiger partial charge in [-0.15, -0.1) is 11.3 Å². The Balaban J connectivity index is 1.55. The van der Waals surface area contributed by atoms with E-state index in [0.29, 0.717) is 10.2 Å². The van der Waals surface area contributed by atoms with E-state index in [2.05, 4.69) is 15.3 Å². The molecule has 1 atom stereocenters. The van der Waals surface area contributed by atoms with Crippen molar-refractivity contribution in [3.05, 3.63) is 75.4 Å². The molecule has 0 aliphatic rings. The van der Waals surface area contributed by atoms with Crippen molar-refractivity contribution in [3.8, 4) is 11.1 Å². The lowest BCUT2D eigenvalue weighted by Crippen LogP contribution is -2.24. The number of hydrogen-bond acceptors (Lipinski definition) is 5. The highest BCUT2D eigenvalue weighted by molar-refractivity contribution is 8.00. The van der Waals surface area contributed by atoms with Crippen molar-refractivity contribution in [3.63, 3.8) is 0 Å². The summed E-state index contributed by atoms with van der Waals surface area (Å²) >= 11 is 2.28. The van der Waals surface area contributed by atoms with Crippen molar-refractivity contribution in [2.75, 3.05) is 5.32 Å². The van der Waals surface area contributed by atoms with Gasteiger partial charge in [-0.25, -0.2) is 4.98 Å². The third-order valence-corrected chi connectivity index (χ3v) is 6.79. The minimum atomic E-state index is -4.59. The van der Waals surface area contributed by atoms with Gasteiger partial charge in [-0.3, -0.25) is 9.59 Å². The molecule has 5 nitrogen and oxygen atoms in total. The zero-order valence-corrected chi connectivity index (χ0v) is 19.1. The Hall–Kier alpha value is -3.11. The van der Waals surface area contributed by atoms with Gasteiger partial charge in [-0.2, -0.15) is 13.2 Å². The van der Waals surface area contributed by atoms with Crippen molar-refractivity contribution >= 4 is 44.9 Å². The number of aromatic amines is 1. The molecule has 0 spiro atoms. The summed E-state index contributed by atoms with van der Waals surface area (Å²) in [5.41, 5.74) is 1.19. The zero-order chi connectivity index (χ0) is 23.8. The number of rotatable bonds is 5. The Labute approximate surface area is 195 Å². The molecule has 0 fully saturated rings. The number of thiophene rings is 1. The highest BCUT2D eigenvalue weighted by atomic mass is 32.2. The molecule has 0 aliphatic heterocycles. The van der Waals surface area contributed by atoms with Crippen LogP contribution in [0.5, 0.6) is 0 Å². The van der Waals surface area contributed by atoms with Gasteiger partial charge in [0.15, 0.2) is 5.16 Å². The van der Waals surface area contributed by atoms with E-state index in [-0.39, 0.29) is 16.4 Å². The van der Waals surface area contributed by atoms with Crippen LogP contribution in [-0.2, 0) is 11.0 Å². The SMILES string of the molecule is Cc1ccc(-c2csc3nc(SC(C)C(=O)Nc4ccccc4C(F)(F)F)[nH]c(=O)c23)cc1. The second-order valence-corrected chi connectivity index (χ2v) is 9.55. The fourth-order valence-corrected chi connectivity index (χ4v) is 5.03. The van der Waals surface area contributed by atoms with Gasteiger partial charge in [-0.1, -0.05) is 53.7 Å². The minimum absolute atomic E-state index is 0.219. The van der Waals surface area contributed by atoms with Crippen LogP contribution in [-0.4, -0.2) is 21.1 Å². The van der Waals surface area contributed by atoms with Crippen LogP contribution < -0.4 is 10.9 Å². The number of amides is 1. The number of anilines is 1. The summed E-state index contributed by atoms with van der Waals surface area (Å²) < 4.78 is 39.5. The third kappa shape index (κ3) is 4.96. The van der Waals surface area contributed by atoms with Crippen LogP contribution in [0.1, 0.15) is 18.1 Å². The van der Waals surface area contributed by atoms with Gasteiger partial charge in [-0.05, 0) is 31.5 Å². The van der Waals surface area contributed by atoms with Crippen LogP contribution in [0.2, 0.25) is 0 Å². The number of H-pyrrole nitrogens is 1. The summed E-state index contributed by atoms with van der Waals surface area (Å²) in [7, 11) is 0. The molecule has 0 aliphatic carbocycles. The van der Waals surface area contributed by atoms with Crippen molar-refractivity contribution in [2.24, 2.45) is 0 Å². The highest BCUT2D eigenvalue weighted by Crippen LogP contribution is 2.35. The van der Waals surface area contributed by atoms with Crippen LogP contribution in [0.15, 0.2) is 63.9 Å². The molecule has 1 amide bonds. The molecular weight excluding hydrogens is 471 g/mol. The normalized spacial score (nSPS) is 12.6. The average Bonchev–Trinajstić information content (AvgIpc) is 3.18. The van der Waals surface area contributed by atoms with Crippen molar-refractivity contribution in [1.82, 2.24) is 9.97 Å². The number of benzene rings is 2. The summed E-state index contributed by atoms with van der Waals surface area (Å²) in [6.07, 6.45) is -4.59. The van der Waals surface area contributed by atoms with Gasteiger partial charge in [0.05, 0.1) is 21.9 Å². The monoisotopic (exact) mass is 489 g/mol. The number of halogens is 3. The first kappa shape index (κ1) is 23.1. The number of aromatic nitrogens is 2. The van der Waals surface area contributed by atoms with E-state index in [1.807, 2.05) is 36.6 Å². The van der Waals surface area contributed by atoms with Crippen molar-refractivity contribution < 1.29 is 18.0 Å². The number of nitrogens with one attached hydrogen (secondary N) is 2. The summed E-state index contributed by atoms with van der Waals surface area (Å²) in [4.78, 5) is 33.0. The number of fused-ring (bicyclic) bond motifs is 1. The minimum Gasteiger partial charge on any atom is -0.325 e. The number of nitrogens with zero attached hydrogens (tertiary/aromatic N) is 1. The van der Waals surface area contributed by atoms with E-state index in [4.69, 9.17) is 0 Å². The van der Waals surface area contributed by atoms with Crippen molar-refractivity contribution in [1.29, 1.82) is 0 Å². The molecule has 0 saturated carbocycles. The Morgan fingerprint density at radius 2 is 1.85 bits per heavy atom. The summed E-state index contributed by atoms with van der Waals surface area (Å²) in [5.74, 6) is -0.633. The standard InChI is InChI=1S/C23H18F3N3O2S2/c1-12-7-9-14(10-8-12)15-11-32-21-18(15)20(31)28-22(29-21)33-13(2)19(30)27-17-6-4-3-5-16(17)23(24,25)26/h3-11,13H,1-2H3,(H,27,30)(H,28,29,31). The largest absolute Gasteiger partial charge is 0.418 e. The van der Waals surface area contributed by atoms with E-state index in [9.17, 15) is 22.8 Å². The smallest absolute Gasteiger partial charge is 0.325 e. The number of alkyl halides is 3. The number of carbonyl (C=O) groups excluding carboxylic acids is 1. The number of thioether (sulfide) groups is 1. The van der Waals surface area contributed by atoms with Gasteiger partial charge < -0.3 is 10.3 Å². The molecule has 2 heterocycles. The first-order valence-electron chi connectivity index (χ1n) is 9.86. The van der Waals surface area contributed by atoms with Crippen LogP contribution in [0.25, 0.3) is 21.3 Å². The number of para-hydroxylation sites is 1. The molecular formula is C23H18F3N3O2S2. The molecule has 0 bridgehead atoms. The summed E-state index contributed by atoms with van der Waals surface area (Å²) in [5, 5.41) is 4.06. The Bertz CT molecular complexity index is 1380. The molecule has 170 valence electrons. The Kier molecular flexibility index (Phi) is 6.31. The molecule has 1 unspecified atom stereocenters. The van der Waals surface area contributed by atoms with E-state index in [1.54, 1.807) is 0 Å². The quantitative estimate of drug-likeness (QED) is 0.262. The van der Waals surface area contributed by atoms with Crippen LogP contribution in [0.3, 0.4) is 0 Å². The maximum atomic E-state index is 13.2.